The largest absolute Gasteiger partial charge is 0.383 e. The molecule has 108 valence electrons. The Morgan fingerprint density at radius 2 is 1.90 bits per heavy atom. The number of hydrogen-bond donors (Lipinski definition) is 1. The molecule has 1 aromatic heterocycles. The normalized spacial score (nSPS) is 11.0. The molecule has 2 rings (SSSR count). The Hall–Kier alpha value is -1.58. The highest BCUT2D eigenvalue weighted by Crippen LogP contribution is 2.22. The highest BCUT2D eigenvalue weighted by atomic mass is 16.5. The molecule has 0 atom stereocenters. The molecule has 0 radical (unpaired) electrons. The summed E-state index contributed by atoms with van der Waals surface area (Å²) in [7, 11) is 1.73. The summed E-state index contributed by atoms with van der Waals surface area (Å²) in [5.41, 5.74) is 6.50. The number of nitrogens with one attached hydrogen (secondary N) is 1. The van der Waals surface area contributed by atoms with E-state index in [1.54, 1.807) is 7.11 Å². The first kappa shape index (κ1) is 14.8. The maximum Gasteiger partial charge on any atom is 0.0587 e. The van der Waals surface area contributed by atoms with Crippen molar-refractivity contribution in [1.29, 1.82) is 0 Å². The molecule has 0 unspecified atom stereocenters. The lowest BCUT2D eigenvalue weighted by Crippen LogP contribution is -2.18. The maximum atomic E-state index is 5.06. The predicted octanol–water partition coefficient (Wildman–Crippen LogP) is 3.14. The van der Waals surface area contributed by atoms with Gasteiger partial charge >= 0.3 is 0 Å². The van der Waals surface area contributed by atoms with Crippen LogP contribution in [-0.4, -0.2) is 24.8 Å². The zero-order valence-corrected chi connectivity index (χ0v) is 12.9. The second-order valence-corrected chi connectivity index (χ2v) is 5.19. The van der Waals surface area contributed by atoms with Crippen LogP contribution < -0.4 is 5.32 Å². The fourth-order valence-electron chi connectivity index (χ4n) is 2.59. The third-order valence-electron chi connectivity index (χ3n) is 3.69. The van der Waals surface area contributed by atoms with Crippen LogP contribution in [0.3, 0.4) is 0 Å². The topological polar surface area (TPSA) is 26.2 Å². The van der Waals surface area contributed by atoms with Gasteiger partial charge < -0.3 is 14.6 Å². The van der Waals surface area contributed by atoms with Crippen LogP contribution in [0.5, 0.6) is 0 Å². The molecule has 1 aromatic carbocycles. The summed E-state index contributed by atoms with van der Waals surface area (Å²) in [4.78, 5) is 0. The Morgan fingerprint density at radius 1 is 1.15 bits per heavy atom. The highest BCUT2D eigenvalue weighted by Gasteiger charge is 2.11. The predicted molar refractivity (Wildman–Crippen MR) is 83.6 cm³/mol. The van der Waals surface area contributed by atoms with Crippen LogP contribution in [-0.2, 0) is 11.3 Å². The number of methoxy groups -OCH3 is 1. The van der Waals surface area contributed by atoms with E-state index in [-0.39, 0.29) is 0 Å². The molecule has 2 aromatic rings. The third kappa shape index (κ3) is 3.11. The molecule has 0 fully saturated rings. The monoisotopic (exact) mass is 272 g/mol. The van der Waals surface area contributed by atoms with Gasteiger partial charge in [0.1, 0.15) is 0 Å². The minimum atomic E-state index is 0.747. The zero-order valence-electron chi connectivity index (χ0n) is 12.9. The van der Waals surface area contributed by atoms with Gasteiger partial charge in [-0.15, -0.1) is 0 Å². The van der Waals surface area contributed by atoms with Crippen LogP contribution in [0.15, 0.2) is 30.3 Å². The zero-order chi connectivity index (χ0) is 14.5. The summed E-state index contributed by atoms with van der Waals surface area (Å²) in [6.07, 6.45) is 0. The third-order valence-corrected chi connectivity index (χ3v) is 3.69. The van der Waals surface area contributed by atoms with E-state index in [1.807, 2.05) is 0 Å². The summed E-state index contributed by atoms with van der Waals surface area (Å²) < 4.78 is 7.39. The fraction of sp³-hybridized carbons (Fsp3) is 0.412. The summed E-state index contributed by atoms with van der Waals surface area (Å²) >= 11 is 0. The molecule has 0 spiro atoms. The van der Waals surface area contributed by atoms with Gasteiger partial charge in [0.2, 0.25) is 0 Å². The Bertz CT molecular complexity index is 572. The standard InChI is InChI=1S/C17H24N2O/c1-13-7-5-6-8-17(13)19-14(2)11-16(15(19)3)12-18-9-10-20-4/h5-8,11,18H,9-10,12H2,1-4H3. The molecule has 20 heavy (non-hydrogen) atoms. The van der Waals surface area contributed by atoms with Crippen LogP contribution in [0.1, 0.15) is 22.5 Å². The van der Waals surface area contributed by atoms with Crippen molar-refractivity contribution in [3.63, 3.8) is 0 Å². The SMILES string of the molecule is COCCNCc1cc(C)n(-c2ccccc2C)c1C. The molecule has 0 aliphatic heterocycles. The smallest absolute Gasteiger partial charge is 0.0587 e. The van der Waals surface area contributed by atoms with E-state index >= 15 is 0 Å². The first-order valence-corrected chi connectivity index (χ1v) is 7.08. The van der Waals surface area contributed by atoms with E-state index in [9.17, 15) is 0 Å². The highest BCUT2D eigenvalue weighted by molar-refractivity contribution is 5.46. The number of benzene rings is 1. The summed E-state index contributed by atoms with van der Waals surface area (Å²) in [6.45, 7) is 9.02. The van der Waals surface area contributed by atoms with Gasteiger partial charge in [-0.25, -0.2) is 0 Å². The van der Waals surface area contributed by atoms with Gasteiger partial charge in [0.25, 0.3) is 0 Å². The van der Waals surface area contributed by atoms with Crippen molar-refractivity contribution in [3.8, 4) is 5.69 Å². The minimum Gasteiger partial charge on any atom is -0.383 e. The molecule has 1 N–H and O–H groups in total. The average molecular weight is 272 g/mol. The summed E-state index contributed by atoms with van der Waals surface area (Å²) in [5.74, 6) is 0. The second kappa shape index (κ2) is 6.73. The van der Waals surface area contributed by atoms with Crippen molar-refractivity contribution < 1.29 is 4.74 Å². The number of ether oxygens (including phenoxy) is 1. The average Bonchev–Trinajstić information content (AvgIpc) is 2.71. The van der Waals surface area contributed by atoms with Gasteiger partial charge in [-0.05, 0) is 44.0 Å². The lowest BCUT2D eigenvalue weighted by molar-refractivity contribution is 0.199. The Labute approximate surface area is 121 Å². The van der Waals surface area contributed by atoms with Crippen LogP contribution in [0.25, 0.3) is 5.69 Å². The van der Waals surface area contributed by atoms with E-state index in [0.29, 0.717) is 0 Å². The summed E-state index contributed by atoms with van der Waals surface area (Å²) in [5, 5.41) is 3.41. The molecule has 0 aliphatic carbocycles. The van der Waals surface area contributed by atoms with Gasteiger partial charge in [-0.3, -0.25) is 0 Å². The number of aryl methyl sites for hydroxylation is 2. The van der Waals surface area contributed by atoms with Crippen molar-refractivity contribution in [2.24, 2.45) is 0 Å². The van der Waals surface area contributed by atoms with E-state index in [1.165, 1.54) is 28.2 Å². The van der Waals surface area contributed by atoms with Gasteiger partial charge in [-0.2, -0.15) is 0 Å². The lowest BCUT2D eigenvalue weighted by Gasteiger charge is -2.13. The van der Waals surface area contributed by atoms with E-state index < -0.39 is 0 Å². The number of para-hydroxylation sites is 1. The van der Waals surface area contributed by atoms with E-state index in [4.69, 9.17) is 4.74 Å². The van der Waals surface area contributed by atoms with Gasteiger partial charge in [0.05, 0.1) is 6.61 Å². The maximum absolute atomic E-state index is 5.06. The molecule has 0 aliphatic rings. The van der Waals surface area contributed by atoms with Crippen molar-refractivity contribution in [1.82, 2.24) is 9.88 Å². The molecular weight excluding hydrogens is 248 g/mol. The molecule has 3 nitrogen and oxygen atoms in total. The first-order valence-electron chi connectivity index (χ1n) is 7.08. The quantitative estimate of drug-likeness (QED) is 0.818. The Morgan fingerprint density at radius 3 is 2.60 bits per heavy atom. The van der Waals surface area contributed by atoms with Gasteiger partial charge in [0, 0.05) is 37.3 Å². The van der Waals surface area contributed by atoms with Crippen LogP contribution in [0, 0.1) is 20.8 Å². The second-order valence-electron chi connectivity index (χ2n) is 5.19. The first-order chi connectivity index (χ1) is 9.65. The van der Waals surface area contributed by atoms with Crippen molar-refractivity contribution in [3.05, 3.63) is 52.8 Å². The number of aromatic nitrogens is 1. The number of hydrogen-bond acceptors (Lipinski definition) is 2. The van der Waals surface area contributed by atoms with E-state index in [2.05, 4.69) is 61.0 Å². The van der Waals surface area contributed by atoms with E-state index in [0.717, 1.165) is 19.7 Å². The molecular formula is C17H24N2O. The fourth-order valence-corrected chi connectivity index (χ4v) is 2.59. The molecule has 0 saturated heterocycles. The summed E-state index contributed by atoms with van der Waals surface area (Å²) in [6, 6.07) is 10.8. The number of rotatable bonds is 6. The van der Waals surface area contributed by atoms with Gasteiger partial charge in [-0.1, -0.05) is 18.2 Å². The molecule has 0 bridgehead atoms. The molecule has 0 amide bonds. The van der Waals surface area contributed by atoms with Crippen molar-refractivity contribution >= 4 is 0 Å². The lowest BCUT2D eigenvalue weighted by atomic mass is 10.2. The Balaban J connectivity index is 2.23. The molecule has 3 heteroatoms. The van der Waals surface area contributed by atoms with Gasteiger partial charge in [0.15, 0.2) is 0 Å². The minimum absolute atomic E-state index is 0.747. The van der Waals surface area contributed by atoms with Crippen molar-refractivity contribution in [2.75, 3.05) is 20.3 Å². The number of nitrogens with zero attached hydrogens (tertiary/aromatic N) is 1. The molecule has 0 saturated carbocycles. The van der Waals surface area contributed by atoms with Crippen LogP contribution in [0.4, 0.5) is 0 Å². The molecule has 1 heterocycles. The van der Waals surface area contributed by atoms with Crippen LogP contribution >= 0.6 is 0 Å². The van der Waals surface area contributed by atoms with Crippen molar-refractivity contribution in [2.45, 2.75) is 27.3 Å². The van der Waals surface area contributed by atoms with Crippen LogP contribution in [0.2, 0.25) is 0 Å². The Kier molecular flexibility index (Phi) is 4.99.